The predicted octanol–water partition coefficient (Wildman–Crippen LogP) is -3.32. The van der Waals surface area contributed by atoms with E-state index in [2.05, 4.69) is 4.74 Å². The number of carboxylic acid groups (broad SMARTS) is 1. The molecule has 1 heterocycles. The SMILES string of the molecule is CC(=O)OC1(C(=O)O)C[C@H](O)[C@@H](N)[C@H](C(O)C(O)CO)O1.N. The van der Waals surface area contributed by atoms with E-state index in [4.69, 9.17) is 15.6 Å². The first-order valence-corrected chi connectivity index (χ1v) is 6.16. The number of hydrogen-bond donors (Lipinski definition) is 7. The molecule has 0 aromatic rings. The van der Waals surface area contributed by atoms with Crippen LogP contribution in [0.25, 0.3) is 0 Å². The molecule has 1 rings (SSSR count). The van der Waals surface area contributed by atoms with Crippen molar-refractivity contribution in [3.8, 4) is 0 Å². The van der Waals surface area contributed by atoms with E-state index < -0.39 is 61.2 Å². The summed E-state index contributed by atoms with van der Waals surface area (Å²) in [5.41, 5.74) is 5.61. The van der Waals surface area contributed by atoms with Crippen molar-refractivity contribution in [2.24, 2.45) is 5.73 Å². The van der Waals surface area contributed by atoms with Crippen LogP contribution in [0.3, 0.4) is 0 Å². The highest BCUT2D eigenvalue weighted by Crippen LogP contribution is 2.32. The smallest absolute Gasteiger partial charge is 0.377 e. The Labute approximate surface area is 125 Å². The Hall–Kier alpha value is -1.34. The average Bonchev–Trinajstić information content (AvgIpc) is 2.40. The van der Waals surface area contributed by atoms with Gasteiger partial charge in [0.05, 0.1) is 25.2 Å². The lowest BCUT2D eigenvalue weighted by Gasteiger charge is -2.44. The van der Waals surface area contributed by atoms with Gasteiger partial charge in [-0.1, -0.05) is 0 Å². The van der Waals surface area contributed by atoms with E-state index in [1.54, 1.807) is 0 Å². The normalized spacial score (nSPS) is 34.2. The molecule has 1 aliphatic rings. The van der Waals surface area contributed by atoms with E-state index in [1.165, 1.54) is 0 Å². The molecule has 0 saturated carbocycles. The number of esters is 1. The van der Waals surface area contributed by atoms with Gasteiger partial charge in [-0.05, 0) is 0 Å². The lowest BCUT2D eigenvalue weighted by molar-refractivity contribution is -0.298. The van der Waals surface area contributed by atoms with Gasteiger partial charge < -0.3 is 46.9 Å². The highest BCUT2D eigenvalue weighted by atomic mass is 16.7. The second kappa shape index (κ2) is 7.78. The first-order valence-electron chi connectivity index (χ1n) is 6.16. The number of aliphatic hydroxyl groups excluding tert-OH is 4. The van der Waals surface area contributed by atoms with E-state index in [0.29, 0.717) is 0 Å². The van der Waals surface area contributed by atoms with Gasteiger partial charge in [-0.2, -0.15) is 0 Å². The molecule has 0 aliphatic carbocycles. The van der Waals surface area contributed by atoms with Crippen LogP contribution in [0.4, 0.5) is 0 Å². The quantitative estimate of drug-likeness (QED) is 0.248. The number of carbonyl (C=O) groups excluding carboxylic acids is 1. The molecule has 0 radical (unpaired) electrons. The highest BCUT2D eigenvalue weighted by Gasteiger charge is 2.55. The zero-order valence-corrected chi connectivity index (χ0v) is 12.0. The zero-order valence-electron chi connectivity index (χ0n) is 12.0. The molecule has 0 spiro atoms. The van der Waals surface area contributed by atoms with Gasteiger partial charge in [0.15, 0.2) is 0 Å². The predicted molar refractivity (Wildman–Crippen MR) is 69.7 cm³/mol. The van der Waals surface area contributed by atoms with E-state index >= 15 is 0 Å². The number of aliphatic hydroxyl groups is 4. The van der Waals surface area contributed by atoms with Gasteiger partial charge in [0.25, 0.3) is 0 Å². The Bertz CT molecular complexity index is 407. The van der Waals surface area contributed by atoms with Crippen LogP contribution in [-0.4, -0.2) is 80.3 Å². The molecule has 0 aromatic heterocycles. The number of carboxylic acids is 1. The van der Waals surface area contributed by atoms with Gasteiger partial charge in [-0.25, -0.2) is 4.79 Å². The first-order chi connectivity index (χ1) is 9.64. The highest BCUT2D eigenvalue weighted by molar-refractivity contribution is 5.80. The number of carbonyl (C=O) groups is 2. The Balaban J connectivity index is 0.00000441. The zero-order chi connectivity index (χ0) is 16.4. The maximum atomic E-state index is 11.3. The lowest BCUT2D eigenvalue weighted by atomic mass is 9.89. The fraction of sp³-hybridized carbons (Fsp3) is 0.818. The molecule has 1 aliphatic heterocycles. The van der Waals surface area contributed by atoms with Crippen molar-refractivity contribution in [1.82, 2.24) is 6.15 Å². The standard InChI is InChI=1S/C11H19NO9.H3N/c1-4(14)20-11(10(18)19)2-5(15)7(12)9(21-11)8(17)6(16)3-13;/h5-9,13,15-17H,2-3,12H2,1H3,(H,18,19);1H3/t5-,6?,7+,8?,9+,11?;/m0./s1. The van der Waals surface area contributed by atoms with Gasteiger partial charge >= 0.3 is 17.7 Å². The van der Waals surface area contributed by atoms with Crippen LogP contribution in [0, 0.1) is 0 Å². The number of ether oxygens (including phenoxy) is 2. The molecule has 0 aromatic carbocycles. The molecule has 11 nitrogen and oxygen atoms in total. The molecular weight excluding hydrogens is 304 g/mol. The summed E-state index contributed by atoms with van der Waals surface area (Å²) in [7, 11) is 0. The van der Waals surface area contributed by atoms with Crippen molar-refractivity contribution in [2.75, 3.05) is 6.61 Å². The maximum Gasteiger partial charge on any atom is 0.377 e. The van der Waals surface area contributed by atoms with Crippen LogP contribution in [0.5, 0.6) is 0 Å². The Morgan fingerprint density at radius 2 is 2.00 bits per heavy atom. The summed E-state index contributed by atoms with van der Waals surface area (Å²) >= 11 is 0. The van der Waals surface area contributed by atoms with Crippen molar-refractivity contribution in [1.29, 1.82) is 0 Å². The van der Waals surface area contributed by atoms with Crippen LogP contribution in [0.1, 0.15) is 13.3 Å². The number of aliphatic carboxylic acids is 1. The summed E-state index contributed by atoms with van der Waals surface area (Å²) in [4.78, 5) is 22.4. The molecule has 1 saturated heterocycles. The van der Waals surface area contributed by atoms with Gasteiger partial charge in [0.1, 0.15) is 18.3 Å². The summed E-state index contributed by atoms with van der Waals surface area (Å²) < 4.78 is 9.69. The van der Waals surface area contributed by atoms with Crippen LogP contribution >= 0.6 is 0 Å². The van der Waals surface area contributed by atoms with Crippen molar-refractivity contribution in [3.05, 3.63) is 0 Å². The minimum Gasteiger partial charge on any atom is -0.476 e. The van der Waals surface area contributed by atoms with Gasteiger partial charge in [-0.3, -0.25) is 4.79 Å². The molecular formula is C11H22N2O9. The van der Waals surface area contributed by atoms with E-state index in [-0.39, 0.29) is 6.15 Å². The summed E-state index contributed by atoms with van der Waals surface area (Å²) in [5, 5.41) is 47.0. The average molecular weight is 326 g/mol. The molecule has 22 heavy (non-hydrogen) atoms. The number of hydrogen-bond acceptors (Lipinski definition) is 10. The second-order valence-electron chi connectivity index (χ2n) is 4.82. The van der Waals surface area contributed by atoms with Crippen LogP contribution in [0.2, 0.25) is 0 Å². The Morgan fingerprint density at radius 3 is 2.41 bits per heavy atom. The van der Waals surface area contributed by atoms with Gasteiger partial charge in [0.2, 0.25) is 0 Å². The van der Waals surface area contributed by atoms with Gasteiger partial charge in [0, 0.05) is 6.92 Å². The number of rotatable bonds is 5. The Morgan fingerprint density at radius 1 is 1.45 bits per heavy atom. The summed E-state index contributed by atoms with van der Waals surface area (Å²) in [6.07, 6.45) is -7.13. The minimum atomic E-state index is -2.53. The third-order valence-electron chi connectivity index (χ3n) is 3.18. The molecule has 130 valence electrons. The summed E-state index contributed by atoms with van der Waals surface area (Å²) in [6.45, 7) is 0.112. The van der Waals surface area contributed by atoms with Crippen molar-refractivity contribution in [3.63, 3.8) is 0 Å². The fourth-order valence-corrected chi connectivity index (χ4v) is 2.08. The van der Waals surface area contributed by atoms with Crippen LogP contribution < -0.4 is 11.9 Å². The van der Waals surface area contributed by atoms with Crippen molar-refractivity contribution < 1.29 is 44.6 Å². The van der Waals surface area contributed by atoms with Crippen LogP contribution in [0.15, 0.2) is 0 Å². The monoisotopic (exact) mass is 326 g/mol. The van der Waals surface area contributed by atoms with E-state index in [0.717, 1.165) is 6.92 Å². The summed E-state index contributed by atoms with van der Waals surface area (Å²) in [5.74, 6) is -5.20. The molecule has 0 amide bonds. The second-order valence-corrected chi connectivity index (χ2v) is 4.82. The third-order valence-corrected chi connectivity index (χ3v) is 3.18. The van der Waals surface area contributed by atoms with Crippen LogP contribution in [-0.2, 0) is 19.1 Å². The Kier molecular flexibility index (Phi) is 7.31. The lowest BCUT2D eigenvalue weighted by Crippen LogP contribution is -2.66. The fourth-order valence-electron chi connectivity index (χ4n) is 2.08. The topological polar surface area (TPSA) is 215 Å². The van der Waals surface area contributed by atoms with E-state index in [1.807, 2.05) is 0 Å². The van der Waals surface area contributed by atoms with Crippen molar-refractivity contribution in [2.45, 2.75) is 49.6 Å². The molecule has 11 heteroatoms. The maximum absolute atomic E-state index is 11.3. The van der Waals surface area contributed by atoms with Crippen molar-refractivity contribution >= 4 is 11.9 Å². The van der Waals surface area contributed by atoms with Gasteiger partial charge in [-0.15, -0.1) is 0 Å². The third kappa shape index (κ3) is 4.10. The molecule has 0 bridgehead atoms. The first kappa shape index (κ1) is 20.7. The molecule has 3 unspecified atom stereocenters. The summed E-state index contributed by atoms with van der Waals surface area (Å²) in [6, 6.07) is -1.25. The molecule has 1 fully saturated rings. The minimum absolute atomic E-state index is 0. The molecule has 6 atom stereocenters. The molecule has 10 N–H and O–H groups in total. The van der Waals surface area contributed by atoms with E-state index in [9.17, 15) is 30.0 Å². The largest absolute Gasteiger partial charge is 0.476 e. The number of nitrogens with two attached hydrogens (primary N) is 1.